The average Bonchev–Trinajstić information content (AvgIpc) is 3.53. The first kappa shape index (κ1) is 34.8. The number of halogens is 1. The van der Waals surface area contributed by atoms with Crippen LogP contribution < -0.4 is 20.9 Å². The molecule has 2 atom stereocenters. The molecule has 5 rings (SSSR count). The van der Waals surface area contributed by atoms with Crippen molar-refractivity contribution in [1.29, 1.82) is 0 Å². The number of anilines is 1. The predicted molar refractivity (Wildman–Crippen MR) is 185 cm³/mol. The van der Waals surface area contributed by atoms with Crippen LogP contribution in [0.25, 0.3) is 11.1 Å². The lowest BCUT2D eigenvalue weighted by atomic mass is 9.98. The zero-order chi connectivity index (χ0) is 34.3. The van der Waals surface area contributed by atoms with Gasteiger partial charge in [0.2, 0.25) is 11.8 Å². The molecule has 0 fully saturated rings. The highest BCUT2D eigenvalue weighted by Crippen LogP contribution is 2.36. The van der Waals surface area contributed by atoms with Crippen LogP contribution >= 0.6 is 11.8 Å². The highest BCUT2D eigenvalue weighted by atomic mass is 32.2. The second-order valence-corrected chi connectivity index (χ2v) is 13.7. The monoisotopic (exact) mass is 672 g/mol. The number of aliphatic hydroxyl groups excluding tert-OH is 1. The topological polar surface area (TPSA) is 139 Å². The molecule has 0 spiro atoms. The Morgan fingerprint density at radius 1 is 1.12 bits per heavy atom. The van der Waals surface area contributed by atoms with Gasteiger partial charge in [0.25, 0.3) is 5.91 Å². The van der Waals surface area contributed by atoms with Gasteiger partial charge in [0, 0.05) is 48.1 Å². The molecule has 3 amide bonds. The fraction of sp³-hybridized carbons (Fsp3) is 0.333. The number of amides is 3. The summed E-state index contributed by atoms with van der Waals surface area (Å²) in [6.45, 7) is 6.25. The van der Waals surface area contributed by atoms with E-state index in [4.69, 9.17) is 0 Å². The highest BCUT2D eigenvalue weighted by molar-refractivity contribution is 7.99. The van der Waals surface area contributed by atoms with Crippen LogP contribution in [0.4, 0.5) is 10.1 Å². The number of rotatable bonds is 13. The van der Waals surface area contributed by atoms with Gasteiger partial charge in [0.1, 0.15) is 17.7 Å². The predicted octanol–water partition coefficient (Wildman–Crippen LogP) is 4.34. The largest absolute Gasteiger partial charge is 0.392 e. The molecule has 12 heteroatoms. The van der Waals surface area contributed by atoms with Gasteiger partial charge in [-0.25, -0.2) is 9.37 Å². The third kappa shape index (κ3) is 9.30. The number of hydrogen-bond acceptors (Lipinski definition) is 7. The van der Waals surface area contributed by atoms with Crippen LogP contribution in [-0.2, 0) is 33.9 Å². The lowest BCUT2D eigenvalue weighted by Crippen LogP contribution is -2.52. The summed E-state index contributed by atoms with van der Waals surface area (Å²) in [5.41, 5.74) is 3.54. The molecule has 1 aliphatic heterocycles. The fourth-order valence-electron chi connectivity index (χ4n) is 5.51. The van der Waals surface area contributed by atoms with Crippen molar-refractivity contribution in [2.45, 2.75) is 69.3 Å². The first-order valence-corrected chi connectivity index (χ1v) is 16.8. The SMILES string of the molecule is C[C@@H](O)CNC(C)(C)CC(=O)N[C@@H]1CSc2ccc(F)cc2N(Cc2ccc(-c3ccccc3CNC(=O)Cc3ncc[nH]3)cc2)C1=O. The number of aliphatic hydroxyl groups is 1. The highest BCUT2D eigenvalue weighted by Gasteiger charge is 2.33. The maximum Gasteiger partial charge on any atom is 0.250 e. The summed E-state index contributed by atoms with van der Waals surface area (Å²) < 4.78 is 14.5. The van der Waals surface area contributed by atoms with E-state index < -0.39 is 23.5 Å². The summed E-state index contributed by atoms with van der Waals surface area (Å²) >= 11 is 1.40. The molecule has 48 heavy (non-hydrogen) atoms. The molecule has 1 aliphatic rings. The van der Waals surface area contributed by atoms with Crippen LogP contribution in [0.5, 0.6) is 0 Å². The van der Waals surface area contributed by atoms with Gasteiger partial charge in [-0.1, -0.05) is 48.5 Å². The van der Waals surface area contributed by atoms with Gasteiger partial charge in [-0.05, 0) is 61.2 Å². The molecular formula is C36H41FN6O4S. The van der Waals surface area contributed by atoms with Gasteiger partial charge in [-0.2, -0.15) is 0 Å². The molecule has 252 valence electrons. The molecule has 3 aromatic carbocycles. The van der Waals surface area contributed by atoms with E-state index in [-0.39, 0.29) is 37.1 Å². The minimum absolute atomic E-state index is 0.104. The van der Waals surface area contributed by atoms with Crippen molar-refractivity contribution in [2.75, 3.05) is 17.2 Å². The summed E-state index contributed by atoms with van der Waals surface area (Å²) in [4.78, 5) is 48.9. The summed E-state index contributed by atoms with van der Waals surface area (Å²) in [5, 5.41) is 18.7. The van der Waals surface area contributed by atoms with Crippen LogP contribution in [0.3, 0.4) is 0 Å². The van der Waals surface area contributed by atoms with E-state index in [9.17, 15) is 23.9 Å². The minimum atomic E-state index is -0.820. The van der Waals surface area contributed by atoms with E-state index in [1.165, 1.54) is 28.8 Å². The molecule has 4 aromatic rings. The number of benzene rings is 3. The van der Waals surface area contributed by atoms with Gasteiger partial charge in [-0.3, -0.25) is 14.4 Å². The molecule has 0 saturated heterocycles. The normalized spacial score (nSPS) is 15.4. The smallest absolute Gasteiger partial charge is 0.250 e. The average molecular weight is 673 g/mol. The summed E-state index contributed by atoms with van der Waals surface area (Å²) in [6.07, 6.45) is 2.99. The van der Waals surface area contributed by atoms with Crippen LogP contribution in [0.1, 0.15) is 44.1 Å². The van der Waals surface area contributed by atoms with E-state index in [0.717, 1.165) is 27.1 Å². The van der Waals surface area contributed by atoms with E-state index in [0.29, 0.717) is 30.4 Å². The number of H-pyrrole nitrogens is 1. The molecule has 0 aliphatic carbocycles. The molecule has 0 radical (unpaired) electrons. The summed E-state index contributed by atoms with van der Waals surface area (Å²) in [5.74, 6) is -0.317. The molecular weight excluding hydrogens is 631 g/mol. The second-order valence-electron chi connectivity index (χ2n) is 12.6. The Labute approximate surface area is 283 Å². The van der Waals surface area contributed by atoms with Crippen molar-refractivity contribution in [3.05, 3.63) is 102 Å². The van der Waals surface area contributed by atoms with E-state index in [2.05, 4.69) is 25.9 Å². The minimum Gasteiger partial charge on any atom is -0.392 e. The first-order valence-electron chi connectivity index (χ1n) is 15.9. The summed E-state index contributed by atoms with van der Waals surface area (Å²) in [7, 11) is 0. The molecule has 2 heterocycles. The second kappa shape index (κ2) is 15.6. The van der Waals surface area contributed by atoms with Gasteiger partial charge in [-0.15, -0.1) is 11.8 Å². The van der Waals surface area contributed by atoms with Gasteiger partial charge in [0.05, 0.1) is 24.8 Å². The van der Waals surface area contributed by atoms with E-state index in [1.807, 2.05) is 62.4 Å². The van der Waals surface area contributed by atoms with Crippen LogP contribution in [0, 0.1) is 5.82 Å². The standard InChI is InChI=1S/C36H41FN6O4S/c1-23(44)19-41-36(2,3)18-34(46)42-29-22-48-31-13-12-27(37)16-30(31)43(35(29)47)21-24-8-10-25(11-9-24)28-7-5-4-6-26(28)20-40-33(45)17-32-38-14-15-39-32/h4-16,23,29,41,44H,17-22H2,1-3H3,(H,38,39)(H,40,45)(H,42,46)/t23-,29-/m1/s1. The number of imidazole rings is 1. The maximum absolute atomic E-state index is 14.5. The Hall–Kier alpha value is -4.52. The Morgan fingerprint density at radius 3 is 2.62 bits per heavy atom. The number of aromatic nitrogens is 2. The lowest BCUT2D eigenvalue weighted by Gasteiger charge is -2.29. The van der Waals surface area contributed by atoms with Gasteiger partial charge in [0.15, 0.2) is 0 Å². The third-order valence-electron chi connectivity index (χ3n) is 7.98. The number of β-amino-alcohol motifs (C(OH)–C–C–N with tert-alkyl or cyclic N) is 1. The van der Waals surface area contributed by atoms with Crippen molar-refractivity contribution in [3.8, 4) is 11.1 Å². The zero-order valence-electron chi connectivity index (χ0n) is 27.3. The van der Waals surface area contributed by atoms with E-state index >= 15 is 0 Å². The number of hydrogen-bond donors (Lipinski definition) is 5. The number of nitrogens with one attached hydrogen (secondary N) is 4. The van der Waals surface area contributed by atoms with E-state index in [1.54, 1.807) is 25.4 Å². The van der Waals surface area contributed by atoms with Crippen LogP contribution in [0.2, 0.25) is 0 Å². The third-order valence-corrected chi connectivity index (χ3v) is 9.13. The molecule has 0 bridgehead atoms. The molecule has 5 N–H and O–H groups in total. The van der Waals surface area contributed by atoms with Gasteiger partial charge < -0.3 is 30.9 Å². The number of nitrogens with zero attached hydrogens (tertiary/aromatic N) is 2. The number of fused-ring (bicyclic) bond motifs is 1. The molecule has 10 nitrogen and oxygen atoms in total. The van der Waals surface area contributed by atoms with Crippen molar-refractivity contribution in [1.82, 2.24) is 25.9 Å². The number of carbonyl (C=O) groups is 3. The Balaban J connectivity index is 1.30. The maximum atomic E-state index is 14.5. The zero-order valence-corrected chi connectivity index (χ0v) is 28.1. The lowest BCUT2D eigenvalue weighted by molar-refractivity contribution is -0.128. The summed E-state index contributed by atoms with van der Waals surface area (Å²) in [6, 6.07) is 19.2. The number of carbonyl (C=O) groups excluding carboxylic acids is 3. The van der Waals surface area contributed by atoms with Crippen molar-refractivity contribution in [3.63, 3.8) is 0 Å². The number of thioether (sulfide) groups is 1. The van der Waals surface area contributed by atoms with Crippen LogP contribution in [-0.4, -0.2) is 62.8 Å². The molecule has 0 unspecified atom stereocenters. The fourth-order valence-corrected chi connectivity index (χ4v) is 6.56. The van der Waals surface area contributed by atoms with Crippen molar-refractivity contribution >= 4 is 35.2 Å². The van der Waals surface area contributed by atoms with Crippen LogP contribution in [0.15, 0.2) is 84.0 Å². The van der Waals surface area contributed by atoms with Gasteiger partial charge >= 0.3 is 0 Å². The van der Waals surface area contributed by atoms with Crippen molar-refractivity contribution < 1.29 is 23.9 Å². The Bertz CT molecular complexity index is 1730. The number of aromatic amines is 1. The quantitative estimate of drug-likeness (QED) is 0.143. The Morgan fingerprint density at radius 2 is 1.90 bits per heavy atom. The molecule has 0 saturated carbocycles. The van der Waals surface area contributed by atoms with Crippen molar-refractivity contribution in [2.24, 2.45) is 0 Å². The molecule has 1 aromatic heterocycles. The first-order chi connectivity index (χ1) is 23.0. The Kier molecular flexibility index (Phi) is 11.3.